The second-order valence-corrected chi connectivity index (χ2v) is 9.32. The van der Waals surface area contributed by atoms with Gasteiger partial charge in [-0.1, -0.05) is 59.6 Å². The van der Waals surface area contributed by atoms with Crippen molar-refractivity contribution in [2.75, 3.05) is 11.9 Å². The first kappa shape index (κ1) is 26.8. The molecule has 0 fully saturated rings. The third-order valence-electron chi connectivity index (χ3n) is 6.04. The maximum absolute atomic E-state index is 13.6. The van der Waals surface area contributed by atoms with E-state index in [9.17, 15) is 14.4 Å². The zero-order chi connectivity index (χ0) is 27.2. The quantitative estimate of drug-likeness (QED) is 0.273. The molecule has 1 amide bonds. The molecule has 1 aromatic heterocycles. The van der Waals surface area contributed by atoms with E-state index in [0.717, 1.165) is 15.8 Å². The van der Waals surface area contributed by atoms with E-state index in [-0.39, 0.29) is 24.7 Å². The Morgan fingerprint density at radius 1 is 1.00 bits per heavy atom. The van der Waals surface area contributed by atoms with Gasteiger partial charge >= 0.3 is 0 Å². The number of Topliss-reactive ketones (excluding diaryl/α,β-unsaturated/α-hetero) is 1. The van der Waals surface area contributed by atoms with Gasteiger partial charge in [-0.2, -0.15) is 0 Å². The molecular weight excluding hydrogens is 502 g/mol. The molecule has 7 nitrogen and oxygen atoms in total. The monoisotopic (exact) mass is 529 g/mol. The van der Waals surface area contributed by atoms with Crippen LogP contribution in [0.15, 0.2) is 83.7 Å². The largest absolute Gasteiger partial charge is 0.477 e. The Morgan fingerprint density at radius 2 is 1.71 bits per heavy atom. The van der Waals surface area contributed by atoms with Gasteiger partial charge in [0.05, 0.1) is 12.2 Å². The smallest absolute Gasteiger partial charge is 0.268 e. The normalized spacial score (nSPS) is 11.6. The average molecular weight is 530 g/mol. The molecule has 1 atom stereocenters. The summed E-state index contributed by atoms with van der Waals surface area (Å²) in [5.41, 5.74) is 3.17. The van der Waals surface area contributed by atoms with Crippen LogP contribution in [0.4, 0.5) is 5.69 Å². The molecule has 0 aliphatic rings. The van der Waals surface area contributed by atoms with Crippen molar-refractivity contribution in [2.45, 2.75) is 33.2 Å². The number of benzene rings is 3. The second-order valence-electron chi connectivity index (χ2n) is 8.89. The Balaban J connectivity index is 1.83. The van der Waals surface area contributed by atoms with Crippen molar-refractivity contribution in [3.05, 3.63) is 111 Å². The van der Waals surface area contributed by atoms with E-state index in [1.165, 1.54) is 13.0 Å². The number of anilines is 1. The highest BCUT2D eigenvalue weighted by molar-refractivity contribution is 6.31. The fourth-order valence-electron chi connectivity index (χ4n) is 4.15. The average Bonchev–Trinajstić information content (AvgIpc) is 2.90. The van der Waals surface area contributed by atoms with Gasteiger partial charge in [0.15, 0.2) is 5.78 Å². The van der Waals surface area contributed by atoms with Gasteiger partial charge in [0.2, 0.25) is 11.8 Å². The van der Waals surface area contributed by atoms with Crippen LogP contribution < -0.4 is 15.6 Å². The van der Waals surface area contributed by atoms with Gasteiger partial charge in [-0.25, -0.2) is 4.68 Å². The Morgan fingerprint density at radius 3 is 2.37 bits per heavy atom. The van der Waals surface area contributed by atoms with Crippen molar-refractivity contribution >= 4 is 29.0 Å². The highest BCUT2D eigenvalue weighted by Crippen LogP contribution is 2.33. The number of ether oxygens (including phenoxy) is 1. The highest BCUT2D eigenvalue weighted by atomic mass is 35.5. The molecule has 8 heteroatoms. The summed E-state index contributed by atoms with van der Waals surface area (Å²) < 4.78 is 6.96. The predicted octanol–water partition coefficient (Wildman–Crippen LogP) is 5.90. The first-order valence-electron chi connectivity index (χ1n) is 12.3. The van der Waals surface area contributed by atoms with Gasteiger partial charge in [-0.05, 0) is 62.2 Å². The minimum Gasteiger partial charge on any atom is -0.477 e. The van der Waals surface area contributed by atoms with Gasteiger partial charge < -0.3 is 10.1 Å². The highest BCUT2D eigenvalue weighted by Gasteiger charge is 2.26. The molecule has 1 unspecified atom stereocenters. The molecule has 0 bridgehead atoms. The zero-order valence-electron chi connectivity index (χ0n) is 21.4. The lowest BCUT2D eigenvalue weighted by molar-refractivity contribution is -0.119. The topological polar surface area (TPSA) is 90.3 Å². The summed E-state index contributed by atoms with van der Waals surface area (Å²) in [7, 11) is 0. The van der Waals surface area contributed by atoms with Crippen molar-refractivity contribution < 1.29 is 14.3 Å². The van der Waals surface area contributed by atoms with Crippen LogP contribution in [0.3, 0.4) is 0 Å². The van der Waals surface area contributed by atoms with E-state index >= 15 is 0 Å². The van der Waals surface area contributed by atoms with Gasteiger partial charge in [-0.15, -0.1) is 5.10 Å². The Hall–Kier alpha value is -4.23. The number of aromatic nitrogens is 2. The van der Waals surface area contributed by atoms with E-state index in [2.05, 4.69) is 10.4 Å². The lowest BCUT2D eigenvalue weighted by Crippen LogP contribution is -2.36. The lowest BCUT2D eigenvalue weighted by Gasteiger charge is -2.21. The minimum atomic E-state index is -0.967. The van der Waals surface area contributed by atoms with Crippen LogP contribution in [-0.2, 0) is 11.2 Å². The van der Waals surface area contributed by atoms with E-state index < -0.39 is 17.5 Å². The van der Waals surface area contributed by atoms with Crippen LogP contribution in [0.5, 0.6) is 5.88 Å². The van der Waals surface area contributed by atoms with Gasteiger partial charge in [-0.3, -0.25) is 14.4 Å². The molecule has 0 aliphatic carbocycles. The number of hydrogen-bond acceptors (Lipinski definition) is 5. The van der Waals surface area contributed by atoms with Crippen LogP contribution in [0, 0.1) is 6.92 Å². The van der Waals surface area contributed by atoms with Crippen LogP contribution >= 0.6 is 11.6 Å². The summed E-state index contributed by atoms with van der Waals surface area (Å²) in [5, 5.41) is 7.81. The van der Waals surface area contributed by atoms with Crippen molar-refractivity contribution in [1.29, 1.82) is 0 Å². The Bertz CT molecular complexity index is 1520. The fraction of sp³-hybridized carbons (Fsp3) is 0.200. The number of nitrogens with one attached hydrogen (secondary N) is 1. The SMILES string of the molecule is CCOc1nn(C(Cc2ccccc2)C(=O)Nc2ccc(C)cc2)c(=O)cc1-c1cc(Cl)ccc1C(C)=O. The number of aryl methyl sites for hydroxylation is 1. The molecule has 0 spiro atoms. The van der Waals surface area contributed by atoms with Crippen LogP contribution in [0.25, 0.3) is 11.1 Å². The molecule has 0 saturated heterocycles. The molecule has 1 N–H and O–H groups in total. The predicted molar refractivity (Wildman–Crippen MR) is 149 cm³/mol. The van der Waals surface area contributed by atoms with E-state index in [1.54, 1.807) is 37.3 Å². The number of rotatable bonds is 9. The summed E-state index contributed by atoms with van der Waals surface area (Å²) in [6.07, 6.45) is 0.228. The maximum atomic E-state index is 13.6. The Labute approximate surface area is 226 Å². The van der Waals surface area contributed by atoms with Crippen molar-refractivity contribution in [2.24, 2.45) is 0 Å². The molecule has 4 aromatic rings. The fourth-order valence-corrected chi connectivity index (χ4v) is 4.32. The molecule has 194 valence electrons. The van der Waals surface area contributed by atoms with E-state index in [4.69, 9.17) is 16.3 Å². The number of ketones is 1. The number of nitrogens with zero attached hydrogens (tertiary/aromatic N) is 2. The van der Waals surface area contributed by atoms with Crippen molar-refractivity contribution in [1.82, 2.24) is 9.78 Å². The molecule has 0 saturated carbocycles. The van der Waals surface area contributed by atoms with Gasteiger partial charge in [0.25, 0.3) is 5.56 Å². The Kier molecular flexibility index (Phi) is 8.38. The van der Waals surface area contributed by atoms with Crippen LogP contribution in [-0.4, -0.2) is 28.1 Å². The molecule has 0 aliphatic heterocycles. The number of halogens is 1. The summed E-state index contributed by atoms with van der Waals surface area (Å²) in [6, 6.07) is 22.0. The third kappa shape index (κ3) is 6.18. The standard InChI is InChI=1S/C30H28ClN3O4/c1-4-38-30-26(25-17-22(31)12-15-24(25)20(3)35)18-28(36)34(33-30)27(16-21-8-6-5-7-9-21)29(37)32-23-13-10-19(2)11-14-23/h5-15,17-18,27H,4,16H2,1-3H3,(H,32,37). The van der Waals surface area contributed by atoms with E-state index in [0.29, 0.717) is 27.4 Å². The van der Waals surface area contributed by atoms with Gasteiger partial charge in [0.1, 0.15) is 6.04 Å². The summed E-state index contributed by atoms with van der Waals surface area (Å²) in [4.78, 5) is 39.4. The zero-order valence-corrected chi connectivity index (χ0v) is 22.2. The van der Waals surface area contributed by atoms with Gasteiger partial charge in [0, 0.05) is 28.8 Å². The molecule has 4 rings (SSSR count). The van der Waals surface area contributed by atoms with Crippen molar-refractivity contribution in [3.8, 4) is 17.0 Å². The first-order chi connectivity index (χ1) is 18.3. The molecule has 38 heavy (non-hydrogen) atoms. The summed E-state index contributed by atoms with van der Waals surface area (Å²) >= 11 is 6.23. The molecule has 0 radical (unpaired) electrons. The molecule has 3 aromatic carbocycles. The molecular formula is C30H28ClN3O4. The second kappa shape index (κ2) is 11.9. The number of hydrogen-bond donors (Lipinski definition) is 1. The van der Waals surface area contributed by atoms with E-state index in [1.807, 2.05) is 49.4 Å². The summed E-state index contributed by atoms with van der Waals surface area (Å²) in [5.74, 6) is -0.463. The number of amides is 1. The minimum absolute atomic E-state index is 0.123. The van der Waals surface area contributed by atoms with Crippen molar-refractivity contribution in [3.63, 3.8) is 0 Å². The lowest BCUT2D eigenvalue weighted by atomic mass is 9.98. The third-order valence-corrected chi connectivity index (χ3v) is 6.28. The maximum Gasteiger partial charge on any atom is 0.268 e. The van der Waals surface area contributed by atoms with Crippen LogP contribution in [0.1, 0.15) is 41.4 Å². The summed E-state index contributed by atoms with van der Waals surface area (Å²) in [6.45, 7) is 5.44. The van der Waals surface area contributed by atoms with Crippen LogP contribution in [0.2, 0.25) is 5.02 Å². The first-order valence-corrected chi connectivity index (χ1v) is 12.6. The number of carbonyl (C=O) groups is 2. The number of carbonyl (C=O) groups excluding carboxylic acids is 2. The molecule has 1 heterocycles.